The largest absolute Gasteiger partial charge is 0.492 e. The number of nitrogens with one attached hydrogen (secondary N) is 1. The quantitative estimate of drug-likeness (QED) is 0.884. The van der Waals surface area contributed by atoms with Crippen molar-refractivity contribution in [3.05, 3.63) is 28.7 Å². The summed E-state index contributed by atoms with van der Waals surface area (Å²) in [6.45, 7) is 1.15. The summed E-state index contributed by atoms with van der Waals surface area (Å²) in [6, 6.07) is 8.71. The molecule has 2 saturated heterocycles. The molecule has 2 fully saturated rings. The molecule has 1 aromatic rings. The number of carbonyl (C=O) groups is 1. The lowest BCUT2D eigenvalue weighted by Gasteiger charge is -2.25. The molecular formula is C16H21BrN2O2. The molecule has 5 heteroatoms. The number of likely N-dealkylation sites (N-methyl/N-ethyl adjacent to an activating group) is 1. The zero-order valence-corrected chi connectivity index (χ0v) is 13.8. The van der Waals surface area contributed by atoms with Crippen molar-refractivity contribution in [1.82, 2.24) is 10.2 Å². The van der Waals surface area contributed by atoms with Crippen molar-refractivity contribution in [2.45, 2.75) is 31.3 Å². The van der Waals surface area contributed by atoms with Gasteiger partial charge in [-0.15, -0.1) is 0 Å². The molecule has 3 atom stereocenters. The molecule has 2 heterocycles. The summed E-state index contributed by atoms with van der Waals surface area (Å²) in [5.41, 5.74) is 0. The Balaban J connectivity index is 1.44. The van der Waals surface area contributed by atoms with Gasteiger partial charge in [-0.05, 0) is 43.5 Å². The van der Waals surface area contributed by atoms with Crippen molar-refractivity contribution in [2.75, 3.05) is 20.2 Å². The van der Waals surface area contributed by atoms with Crippen LogP contribution < -0.4 is 10.1 Å². The lowest BCUT2D eigenvalue weighted by atomic mass is 9.88. The van der Waals surface area contributed by atoms with E-state index >= 15 is 0 Å². The maximum atomic E-state index is 12.4. The topological polar surface area (TPSA) is 41.6 Å². The summed E-state index contributed by atoms with van der Waals surface area (Å²) in [5.74, 6) is 1.26. The van der Waals surface area contributed by atoms with E-state index in [4.69, 9.17) is 4.74 Å². The van der Waals surface area contributed by atoms with Gasteiger partial charge in [0.2, 0.25) is 5.91 Å². The summed E-state index contributed by atoms with van der Waals surface area (Å²) < 4.78 is 6.71. The van der Waals surface area contributed by atoms with Crippen LogP contribution in [-0.2, 0) is 4.79 Å². The SMILES string of the molecule is CN(CCOc1ccc(Br)cc1)C(=O)C1CC2CCC1N2. The minimum atomic E-state index is 0.168. The van der Waals surface area contributed by atoms with Crippen LogP contribution in [0.2, 0.25) is 0 Å². The monoisotopic (exact) mass is 352 g/mol. The predicted octanol–water partition coefficient (Wildman–Crippen LogP) is 2.43. The molecule has 1 N–H and O–H groups in total. The number of ether oxygens (including phenoxy) is 1. The van der Waals surface area contributed by atoms with Crippen molar-refractivity contribution < 1.29 is 9.53 Å². The van der Waals surface area contributed by atoms with Crippen LogP contribution in [0.4, 0.5) is 0 Å². The standard InChI is InChI=1S/C16H21BrN2O2/c1-19(8-9-21-13-5-2-11(17)3-6-13)16(20)14-10-12-4-7-15(14)18-12/h2-3,5-6,12,14-15,18H,4,7-10H2,1H3. The lowest BCUT2D eigenvalue weighted by molar-refractivity contribution is -0.135. The van der Waals surface area contributed by atoms with Gasteiger partial charge in [-0.2, -0.15) is 0 Å². The second kappa shape index (κ2) is 6.36. The summed E-state index contributed by atoms with van der Waals surface area (Å²) >= 11 is 3.40. The first-order valence-corrected chi connectivity index (χ1v) is 8.32. The summed E-state index contributed by atoms with van der Waals surface area (Å²) in [6.07, 6.45) is 3.37. The smallest absolute Gasteiger partial charge is 0.227 e. The van der Waals surface area contributed by atoms with Gasteiger partial charge in [0.05, 0.1) is 12.5 Å². The Hall–Kier alpha value is -1.07. The second-order valence-corrected chi connectivity index (χ2v) is 6.87. The Morgan fingerprint density at radius 2 is 2.14 bits per heavy atom. The molecule has 0 aromatic heterocycles. The van der Waals surface area contributed by atoms with Gasteiger partial charge < -0.3 is 15.0 Å². The van der Waals surface area contributed by atoms with Crippen LogP contribution in [0.15, 0.2) is 28.7 Å². The number of hydrogen-bond donors (Lipinski definition) is 1. The van der Waals surface area contributed by atoms with E-state index in [1.807, 2.05) is 36.2 Å². The van der Waals surface area contributed by atoms with Crippen molar-refractivity contribution >= 4 is 21.8 Å². The Labute approximate surface area is 134 Å². The van der Waals surface area contributed by atoms with Gasteiger partial charge in [0, 0.05) is 23.6 Å². The van der Waals surface area contributed by atoms with Gasteiger partial charge in [0.1, 0.15) is 12.4 Å². The molecule has 21 heavy (non-hydrogen) atoms. The predicted molar refractivity (Wildman–Crippen MR) is 85.3 cm³/mol. The van der Waals surface area contributed by atoms with Gasteiger partial charge in [-0.1, -0.05) is 15.9 Å². The minimum Gasteiger partial charge on any atom is -0.492 e. The van der Waals surface area contributed by atoms with Crippen LogP contribution in [0, 0.1) is 5.92 Å². The number of benzene rings is 1. The summed E-state index contributed by atoms with van der Waals surface area (Å²) in [5, 5.41) is 3.52. The van der Waals surface area contributed by atoms with E-state index in [2.05, 4.69) is 21.2 Å². The van der Waals surface area contributed by atoms with E-state index in [-0.39, 0.29) is 11.8 Å². The fourth-order valence-electron chi connectivity index (χ4n) is 3.32. The number of halogens is 1. The van der Waals surface area contributed by atoms with Crippen LogP contribution in [-0.4, -0.2) is 43.1 Å². The molecule has 0 aliphatic carbocycles. The zero-order chi connectivity index (χ0) is 14.8. The van der Waals surface area contributed by atoms with E-state index in [1.165, 1.54) is 6.42 Å². The van der Waals surface area contributed by atoms with E-state index in [0.29, 0.717) is 25.2 Å². The Morgan fingerprint density at radius 1 is 1.38 bits per heavy atom. The fourth-order valence-corrected chi connectivity index (χ4v) is 3.59. The van der Waals surface area contributed by atoms with Gasteiger partial charge in [-0.3, -0.25) is 4.79 Å². The molecule has 3 unspecified atom stereocenters. The highest BCUT2D eigenvalue weighted by Crippen LogP contribution is 2.34. The van der Waals surface area contributed by atoms with Crippen molar-refractivity contribution in [2.24, 2.45) is 5.92 Å². The molecule has 2 bridgehead atoms. The molecule has 0 radical (unpaired) electrons. The molecule has 2 aliphatic heterocycles. The maximum Gasteiger partial charge on any atom is 0.227 e. The summed E-state index contributed by atoms with van der Waals surface area (Å²) in [7, 11) is 1.87. The van der Waals surface area contributed by atoms with Crippen LogP contribution >= 0.6 is 15.9 Å². The van der Waals surface area contributed by atoms with Gasteiger partial charge in [0.15, 0.2) is 0 Å². The third-order valence-electron chi connectivity index (χ3n) is 4.50. The van der Waals surface area contributed by atoms with Crippen molar-refractivity contribution in [3.8, 4) is 5.75 Å². The molecule has 114 valence electrons. The number of amides is 1. The first-order chi connectivity index (χ1) is 10.1. The highest BCUT2D eigenvalue weighted by molar-refractivity contribution is 9.10. The van der Waals surface area contributed by atoms with E-state index in [9.17, 15) is 4.79 Å². The lowest BCUT2D eigenvalue weighted by Crippen LogP contribution is -2.40. The normalized spacial score (nSPS) is 26.9. The highest BCUT2D eigenvalue weighted by Gasteiger charge is 2.43. The highest BCUT2D eigenvalue weighted by atomic mass is 79.9. The van der Waals surface area contributed by atoms with E-state index < -0.39 is 0 Å². The number of carbonyl (C=O) groups excluding carboxylic acids is 1. The Kier molecular flexibility index (Phi) is 4.50. The molecule has 1 aromatic carbocycles. The van der Waals surface area contributed by atoms with Crippen LogP contribution in [0.5, 0.6) is 5.75 Å². The summed E-state index contributed by atoms with van der Waals surface area (Å²) in [4.78, 5) is 14.3. The third-order valence-corrected chi connectivity index (χ3v) is 5.03. The average molecular weight is 353 g/mol. The molecule has 2 aliphatic rings. The molecule has 0 spiro atoms. The fraction of sp³-hybridized carbons (Fsp3) is 0.562. The third kappa shape index (κ3) is 3.40. The number of hydrogen-bond acceptors (Lipinski definition) is 3. The average Bonchev–Trinajstić information content (AvgIpc) is 3.11. The Bertz CT molecular complexity index is 506. The first-order valence-electron chi connectivity index (χ1n) is 7.53. The van der Waals surface area contributed by atoms with Crippen molar-refractivity contribution in [1.29, 1.82) is 0 Å². The van der Waals surface area contributed by atoms with Gasteiger partial charge in [0.25, 0.3) is 0 Å². The molecule has 1 amide bonds. The van der Waals surface area contributed by atoms with Crippen LogP contribution in [0.1, 0.15) is 19.3 Å². The second-order valence-electron chi connectivity index (χ2n) is 5.95. The zero-order valence-electron chi connectivity index (χ0n) is 12.2. The Morgan fingerprint density at radius 3 is 2.76 bits per heavy atom. The number of rotatable bonds is 5. The first kappa shape index (κ1) is 14.9. The molecule has 3 rings (SSSR count). The van der Waals surface area contributed by atoms with E-state index in [1.54, 1.807) is 0 Å². The minimum absolute atomic E-state index is 0.168. The van der Waals surface area contributed by atoms with Crippen molar-refractivity contribution in [3.63, 3.8) is 0 Å². The molecule has 0 saturated carbocycles. The van der Waals surface area contributed by atoms with Crippen LogP contribution in [0.3, 0.4) is 0 Å². The van der Waals surface area contributed by atoms with Gasteiger partial charge in [-0.25, -0.2) is 0 Å². The van der Waals surface area contributed by atoms with Crippen LogP contribution in [0.25, 0.3) is 0 Å². The maximum absolute atomic E-state index is 12.4. The molecule has 4 nitrogen and oxygen atoms in total. The molecular weight excluding hydrogens is 332 g/mol. The van der Waals surface area contributed by atoms with E-state index in [0.717, 1.165) is 23.1 Å². The van der Waals surface area contributed by atoms with Gasteiger partial charge >= 0.3 is 0 Å². The number of nitrogens with zero attached hydrogens (tertiary/aromatic N) is 1. The number of fused-ring (bicyclic) bond motifs is 2.